The number of hydrogen-bond donors (Lipinski definition) is 0. The number of fused-ring (bicyclic) bond motifs is 2. The van der Waals surface area contributed by atoms with Crippen LogP contribution in [-0.2, 0) is 14.3 Å². The maximum Gasteiger partial charge on any atom is 0.331 e. The van der Waals surface area contributed by atoms with Gasteiger partial charge in [-0.15, -0.1) is 0 Å². The zero-order valence-corrected chi connectivity index (χ0v) is 17.1. The van der Waals surface area contributed by atoms with Crippen molar-refractivity contribution in [3.8, 4) is 0 Å². The quantitative estimate of drug-likeness (QED) is 0.348. The van der Waals surface area contributed by atoms with E-state index in [-0.39, 0.29) is 12.5 Å². The molecule has 1 aromatic heterocycles. The lowest BCUT2D eigenvalue weighted by Crippen LogP contribution is -2.34. The van der Waals surface area contributed by atoms with E-state index in [1.54, 1.807) is 11.1 Å². The summed E-state index contributed by atoms with van der Waals surface area (Å²) in [4.78, 5) is 35.2. The summed E-state index contributed by atoms with van der Waals surface area (Å²) in [6.07, 6.45) is 4.35. The van der Waals surface area contributed by atoms with Crippen LogP contribution in [0.4, 0.5) is 5.69 Å². The van der Waals surface area contributed by atoms with Crippen molar-refractivity contribution >= 4 is 45.4 Å². The average molecular weight is 411 g/mol. The van der Waals surface area contributed by atoms with Gasteiger partial charge in [0.1, 0.15) is 0 Å². The Bertz CT molecular complexity index is 1280. The molecule has 0 aliphatic rings. The highest BCUT2D eigenvalue weighted by Gasteiger charge is 2.17. The third-order valence-electron chi connectivity index (χ3n) is 4.87. The fourth-order valence-corrected chi connectivity index (χ4v) is 3.39. The van der Waals surface area contributed by atoms with Gasteiger partial charge in [0.15, 0.2) is 6.61 Å². The third kappa shape index (κ3) is 4.59. The molecular formula is C25H21N3O3. The van der Waals surface area contributed by atoms with E-state index in [9.17, 15) is 9.59 Å². The van der Waals surface area contributed by atoms with Gasteiger partial charge in [-0.2, -0.15) is 0 Å². The summed E-state index contributed by atoms with van der Waals surface area (Å²) in [5.41, 5.74) is 2.85. The number of likely N-dealkylation sites (N-methyl/N-ethyl adjacent to an activating group) is 1. The molecule has 4 rings (SSSR count). The molecule has 0 saturated carbocycles. The van der Waals surface area contributed by atoms with E-state index in [1.165, 1.54) is 12.2 Å². The van der Waals surface area contributed by atoms with Gasteiger partial charge in [-0.1, -0.05) is 48.5 Å². The normalized spacial score (nSPS) is 11.1. The molecule has 1 amide bonds. The van der Waals surface area contributed by atoms with Crippen molar-refractivity contribution in [3.05, 3.63) is 84.7 Å². The van der Waals surface area contributed by atoms with Gasteiger partial charge in [-0.05, 0) is 36.6 Å². The SMILES string of the molecule is CCN(C(=O)COC(=O)C=Cc1cnc2ccccc2n1)c1cccc2ccccc12. The topological polar surface area (TPSA) is 72.4 Å². The maximum atomic E-state index is 12.7. The molecule has 0 aliphatic carbocycles. The minimum absolute atomic E-state index is 0.286. The number of amides is 1. The molecule has 0 spiro atoms. The van der Waals surface area contributed by atoms with Crippen LogP contribution in [-0.4, -0.2) is 35.0 Å². The molecule has 1 heterocycles. The largest absolute Gasteiger partial charge is 0.452 e. The molecule has 0 N–H and O–H groups in total. The number of rotatable bonds is 6. The number of esters is 1. The smallest absolute Gasteiger partial charge is 0.331 e. The monoisotopic (exact) mass is 411 g/mol. The highest BCUT2D eigenvalue weighted by atomic mass is 16.5. The number of anilines is 1. The van der Waals surface area contributed by atoms with Gasteiger partial charge in [0.2, 0.25) is 0 Å². The molecule has 0 radical (unpaired) electrons. The molecule has 6 nitrogen and oxygen atoms in total. The maximum absolute atomic E-state index is 12.7. The van der Waals surface area contributed by atoms with Crippen molar-refractivity contribution in [3.63, 3.8) is 0 Å². The predicted molar refractivity (Wildman–Crippen MR) is 122 cm³/mol. The van der Waals surface area contributed by atoms with Gasteiger partial charge in [-0.3, -0.25) is 9.78 Å². The van der Waals surface area contributed by atoms with E-state index in [0.717, 1.165) is 27.5 Å². The molecule has 6 heteroatoms. The second-order valence-corrected chi connectivity index (χ2v) is 6.86. The third-order valence-corrected chi connectivity index (χ3v) is 4.87. The molecule has 4 aromatic rings. The van der Waals surface area contributed by atoms with Crippen LogP contribution in [0.5, 0.6) is 0 Å². The molecule has 3 aromatic carbocycles. The summed E-state index contributed by atoms with van der Waals surface area (Å²) in [5, 5.41) is 2.02. The Morgan fingerprint density at radius 3 is 2.55 bits per heavy atom. The van der Waals surface area contributed by atoms with Gasteiger partial charge in [0.25, 0.3) is 5.91 Å². The lowest BCUT2D eigenvalue weighted by atomic mass is 10.1. The molecule has 0 atom stereocenters. The summed E-state index contributed by atoms with van der Waals surface area (Å²) < 4.78 is 5.16. The Morgan fingerprint density at radius 1 is 0.968 bits per heavy atom. The van der Waals surface area contributed by atoms with Gasteiger partial charge in [-0.25, -0.2) is 9.78 Å². The van der Waals surface area contributed by atoms with Crippen LogP contribution in [0.25, 0.3) is 27.9 Å². The number of nitrogens with zero attached hydrogens (tertiary/aromatic N) is 3. The van der Waals surface area contributed by atoms with Crippen molar-refractivity contribution in [2.45, 2.75) is 6.92 Å². The van der Waals surface area contributed by atoms with Gasteiger partial charge < -0.3 is 9.64 Å². The van der Waals surface area contributed by atoms with Crippen LogP contribution in [0.3, 0.4) is 0 Å². The second-order valence-electron chi connectivity index (χ2n) is 6.86. The highest BCUT2D eigenvalue weighted by molar-refractivity contribution is 6.04. The number of benzene rings is 3. The molecular weight excluding hydrogens is 390 g/mol. The number of carbonyl (C=O) groups excluding carboxylic acids is 2. The van der Waals surface area contributed by atoms with E-state index < -0.39 is 5.97 Å². The van der Waals surface area contributed by atoms with Gasteiger partial charge >= 0.3 is 5.97 Å². The van der Waals surface area contributed by atoms with E-state index in [1.807, 2.05) is 73.7 Å². The van der Waals surface area contributed by atoms with Crippen LogP contribution < -0.4 is 4.90 Å². The average Bonchev–Trinajstić information content (AvgIpc) is 2.82. The van der Waals surface area contributed by atoms with Crippen molar-refractivity contribution in [1.29, 1.82) is 0 Å². The molecule has 31 heavy (non-hydrogen) atoms. The van der Waals surface area contributed by atoms with E-state index in [4.69, 9.17) is 4.74 Å². The molecule has 0 bridgehead atoms. The molecule has 0 saturated heterocycles. The van der Waals surface area contributed by atoms with Crippen molar-refractivity contribution in [1.82, 2.24) is 9.97 Å². The Labute approximate surface area is 179 Å². The number of aromatic nitrogens is 2. The first kappa shape index (κ1) is 20.2. The first-order valence-corrected chi connectivity index (χ1v) is 10.0. The molecule has 0 fully saturated rings. The van der Waals surface area contributed by atoms with Crippen molar-refractivity contribution in [2.75, 3.05) is 18.1 Å². The highest BCUT2D eigenvalue weighted by Crippen LogP contribution is 2.26. The number of para-hydroxylation sites is 2. The zero-order valence-electron chi connectivity index (χ0n) is 17.1. The standard InChI is InChI=1S/C25H21N3O3/c1-2-28(23-13-7-9-18-8-3-4-10-20(18)23)24(29)17-31-25(30)15-14-19-16-26-21-11-5-6-12-22(21)27-19/h3-16H,2,17H2,1H3. The summed E-state index contributed by atoms with van der Waals surface area (Å²) >= 11 is 0. The fourth-order valence-electron chi connectivity index (χ4n) is 3.39. The zero-order chi connectivity index (χ0) is 21.6. The molecule has 0 aliphatic heterocycles. The van der Waals surface area contributed by atoms with E-state index in [2.05, 4.69) is 9.97 Å². The molecule has 154 valence electrons. The first-order chi connectivity index (χ1) is 15.2. The number of carbonyl (C=O) groups is 2. The van der Waals surface area contributed by atoms with Crippen molar-refractivity contribution in [2.24, 2.45) is 0 Å². The predicted octanol–water partition coefficient (Wildman–Crippen LogP) is 4.39. The minimum Gasteiger partial charge on any atom is -0.452 e. The Balaban J connectivity index is 1.41. The Kier molecular flexibility index (Phi) is 5.98. The van der Waals surface area contributed by atoms with Crippen LogP contribution >= 0.6 is 0 Å². The van der Waals surface area contributed by atoms with Crippen LogP contribution in [0.15, 0.2) is 79.0 Å². The van der Waals surface area contributed by atoms with Gasteiger partial charge in [0, 0.05) is 18.0 Å². The summed E-state index contributed by atoms with van der Waals surface area (Å²) in [7, 11) is 0. The van der Waals surface area contributed by atoms with Gasteiger partial charge in [0.05, 0.1) is 28.6 Å². The van der Waals surface area contributed by atoms with E-state index >= 15 is 0 Å². The summed E-state index contributed by atoms with van der Waals surface area (Å²) in [5.74, 6) is -0.900. The number of hydrogen-bond acceptors (Lipinski definition) is 5. The van der Waals surface area contributed by atoms with Crippen molar-refractivity contribution < 1.29 is 14.3 Å². The summed E-state index contributed by atoms with van der Waals surface area (Å²) in [6, 6.07) is 21.1. The number of ether oxygens (including phenoxy) is 1. The lowest BCUT2D eigenvalue weighted by molar-refractivity contribution is -0.142. The minimum atomic E-state index is -0.614. The lowest BCUT2D eigenvalue weighted by Gasteiger charge is -2.22. The molecule has 0 unspecified atom stereocenters. The summed E-state index contributed by atoms with van der Waals surface area (Å²) in [6.45, 7) is 2.01. The fraction of sp³-hybridized carbons (Fsp3) is 0.120. The van der Waals surface area contributed by atoms with E-state index in [0.29, 0.717) is 12.2 Å². The Morgan fingerprint density at radius 2 is 1.71 bits per heavy atom. The first-order valence-electron chi connectivity index (χ1n) is 10.0. The van der Waals surface area contributed by atoms with Crippen LogP contribution in [0.2, 0.25) is 0 Å². The van der Waals surface area contributed by atoms with Crippen LogP contribution in [0, 0.1) is 0 Å². The van der Waals surface area contributed by atoms with Crippen LogP contribution in [0.1, 0.15) is 12.6 Å². The Hall–Kier alpha value is -4.06. The second kappa shape index (κ2) is 9.17.